The van der Waals surface area contributed by atoms with Gasteiger partial charge in [0.15, 0.2) is 0 Å². The summed E-state index contributed by atoms with van der Waals surface area (Å²) in [5.74, 6) is 0. The van der Waals surface area contributed by atoms with Crippen LogP contribution < -0.4 is 10.5 Å². The summed E-state index contributed by atoms with van der Waals surface area (Å²) in [6.07, 6.45) is 0. The molecule has 0 aliphatic rings. The van der Waals surface area contributed by atoms with Gasteiger partial charge in [-0.25, -0.2) is 13.1 Å². The third-order valence-electron chi connectivity index (χ3n) is 2.95. The second-order valence-corrected chi connectivity index (χ2v) is 6.57. The summed E-state index contributed by atoms with van der Waals surface area (Å²) >= 11 is 5.81. The number of sulfonamides is 1. The average molecular weight is 327 g/mol. The van der Waals surface area contributed by atoms with E-state index in [4.69, 9.17) is 17.3 Å². The molecule has 0 spiro atoms. The number of nitrogens with two attached hydrogens (primary N) is 1. The van der Waals surface area contributed by atoms with E-state index in [9.17, 15) is 13.5 Å². The topological polar surface area (TPSA) is 92.4 Å². The van der Waals surface area contributed by atoms with Crippen LogP contribution in [0.5, 0.6) is 0 Å². The smallest absolute Gasteiger partial charge is 0.243 e. The summed E-state index contributed by atoms with van der Waals surface area (Å²) in [5.41, 5.74) is 6.44. The fourth-order valence-electron chi connectivity index (χ4n) is 1.89. The van der Waals surface area contributed by atoms with E-state index in [0.717, 1.165) is 0 Å². The van der Waals surface area contributed by atoms with E-state index in [0.29, 0.717) is 5.56 Å². The molecule has 0 aliphatic heterocycles. The zero-order valence-corrected chi connectivity index (χ0v) is 12.6. The van der Waals surface area contributed by atoms with E-state index in [-0.39, 0.29) is 22.2 Å². The number of nitrogen functional groups attached to an aromatic ring is 1. The van der Waals surface area contributed by atoms with Crippen LogP contribution in [-0.4, -0.2) is 20.1 Å². The van der Waals surface area contributed by atoms with Gasteiger partial charge in [-0.15, -0.1) is 0 Å². The molecule has 0 saturated heterocycles. The van der Waals surface area contributed by atoms with Gasteiger partial charge >= 0.3 is 0 Å². The summed E-state index contributed by atoms with van der Waals surface area (Å²) < 4.78 is 27.2. The van der Waals surface area contributed by atoms with Crippen molar-refractivity contribution in [3.05, 3.63) is 59.1 Å². The predicted molar refractivity (Wildman–Crippen MR) is 82.5 cm³/mol. The largest absolute Gasteiger partial charge is 0.398 e. The molecule has 2 aromatic carbocycles. The van der Waals surface area contributed by atoms with Crippen LogP contribution in [0.3, 0.4) is 0 Å². The molecule has 0 saturated carbocycles. The molecule has 4 N–H and O–H groups in total. The molecule has 7 heteroatoms. The normalized spacial score (nSPS) is 13.0. The molecule has 0 heterocycles. The monoisotopic (exact) mass is 326 g/mol. The van der Waals surface area contributed by atoms with Gasteiger partial charge in [-0.05, 0) is 23.8 Å². The van der Waals surface area contributed by atoms with Crippen molar-refractivity contribution >= 4 is 27.3 Å². The molecule has 0 radical (unpaired) electrons. The lowest BCUT2D eigenvalue weighted by atomic mass is 10.1. The molecule has 2 aromatic rings. The Hall–Kier alpha value is -1.60. The van der Waals surface area contributed by atoms with Crippen molar-refractivity contribution in [3.63, 3.8) is 0 Å². The number of aliphatic hydroxyl groups is 1. The Labute approximate surface area is 128 Å². The van der Waals surface area contributed by atoms with Gasteiger partial charge in [-0.2, -0.15) is 0 Å². The van der Waals surface area contributed by atoms with Crippen molar-refractivity contribution in [1.82, 2.24) is 4.72 Å². The zero-order chi connectivity index (χ0) is 15.5. The molecule has 5 nitrogen and oxygen atoms in total. The Morgan fingerprint density at radius 2 is 1.86 bits per heavy atom. The Morgan fingerprint density at radius 3 is 2.48 bits per heavy atom. The molecular formula is C14H15ClN2O3S. The maximum absolute atomic E-state index is 12.4. The number of halogens is 1. The van der Waals surface area contributed by atoms with Crippen molar-refractivity contribution in [3.8, 4) is 0 Å². The molecule has 21 heavy (non-hydrogen) atoms. The van der Waals surface area contributed by atoms with Crippen molar-refractivity contribution in [2.45, 2.75) is 10.9 Å². The predicted octanol–water partition coefficient (Wildman–Crippen LogP) is 1.93. The van der Waals surface area contributed by atoms with E-state index in [1.54, 1.807) is 30.3 Å². The van der Waals surface area contributed by atoms with Crippen LogP contribution in [0.15, 0.2) is 53.4 Å². The van der Waals surface area contributed by atoms with Crippen molar-refractivity contribution in [1.29, 1.82) is 0 Å². The summed E-state index contributed by atoms with van der Waals surface area (Å²) in [4.78, 5) is -0.107. The summed E-state index contributed by atoms with van der Waals surface area (Å²) in [6.45, 7) is -0.371. The van der Waals surface area contributed by atoms with Crippen molar-refractivity contribution in [2.75, 3.05) is 12.3 Å². The number of hydrogen-bond acceptors (Lipinski definition) is 4. The van der Waals surface area contributed by atoms with Gasteiger partial charge in [0, 0.05) is 5.02 Å². The van der Waals surface area contributed by atoms with Crippen LogP contribution in [0.1, 0.15) is 11.6 Å². The molecule has 0 amide bonds. The fraction of sp³-hybridized carbons (Fsp3) is 0.143. The lowest BCUT2D eigenvalue weighted by Gasteiger charge is -2.17. The molecule has 0 aliphatic carbocycles. The second-order valence-electron chi connectivity index (χ2n) is 4.45. The number of rotatable bonds is 5. The lowest BCUT2D eigenvalue weighted by molar-refractivity contribution is 0.259. The van der Waals surface area contributed by atoms with E-state index >= 15 is 0 Å². The molecule has 0 bridgehead atoms. The van der Waals surface area contributed by atoms with Gasteiger partial charge < -0.3 is 10.8 Å². The molecule has 0 unspecified atom stereocenters. The van der Waals surface area contributed by atoms with Crippen LogP contribution in [0, 0.1) is 0 Å². The molecule has 0 fully saturated rings. The first kappa shape index (κ1) is 15.8. The highest BCUT2D eigenvalue weighted by atomic mass is 35.5. The first-order valence-corrected chi connectivity index (χ1v) is 8.03. The minimum atomic E-state index is -3.89. The standard InChI is InChI=1S/C14H15ClN2O3S/c15-11-6-7-12(16)14(8-11)21(19,20)17-13(9-18)10-4-2-1-3-5-10/h1-8,13,17-18H,9,16H2/t13-/m1/s1. The van der Waals surface area contributed by atoms with Gasteiger partial charge in [-0.1, -0.05) is 41.9 Å². The minimum absolute atomic E-state index is 0.0941. The highest BCUT2D eigenvalue weighted by molar-refractivity contribution is 7.89. The molecule has 0 aromatic heterocycles. The Balaban J connectivity index is 2.34. The Kier molecular flexibility index (Phi) is 4.84. The number of anilines is 1. The highest BCUT2D eigenvalue weighted by Gasteiger charge is 2.23. The van der Waals surface area contributed by atoms with Crippen LogP contribution in [0.4, 0.5) is 5.69 Å². The Morgan fingerprint density at radius 1 is 1.19 bits per heavy atom. The summed E-state index contributed by atoms with van der Waals surface area (Å²) in [5, 5.41) is 9.70. The highest BCUT2D eigenvalue weighted by Crippen LogP contribution is 2.24. The van der Waals surface area contributed by atoms with Crippen LogP contribution >= 0.6 is 11.6 Å². The van der Waals surface area contributed by atoms with Gasteiger partial charge in [-0.3, -0.25) is 0 Å². The fourth-order valence-corrected chi connectivity index (χ4v) is 3.50. The van der Waals surface area contributed by atoms with E-state index in [2.05, 4.69) is 4.72 Å². The third-order valence-corrected chi connectivity index (χ3v) is 4.71. The molecule has 112 valence electrons. The number of aliphatic hydroxyl groups excluding tert-OH is 1. The third kappa shape index (κ3) is 3.74. The van der Waals surface area contributed by atoms with Crippen molar-refractivity contribution in [2.24, 2.45) is 0 Å². The van der Waals surface area contributed by atoms with Gasteiger partial charge in [0.1, 0.15) is 4.90 Å². The van der Waals surface area contributed by atoms with E-state index in [1.807, 2.05) is 0 Å². The van der Waals surface area contributed by atoms with Gasteiger partial charge in [0.05, 0.1) is 18.3 Å². The first-order chi connectivity index (χ1) is 9.94. The minimum Gasteiger partial charge on any atom is -0.398 e. The van der Waals surface area contributed by atoms with E-state index < -0.39 is 16.1 Å². The number of nitrogens with one attached hydrogen (secondary N) is 1. The number of hydrogen-bond donors (Lipinski definition) is 3. The van der Waals surface area contributed by atoms with Crippen LogP contribution in [0.2, 0.25) is 5.02 Å². The second kappa shape index (κ2) is 6.44. The van der Waals surface area contributed by atoms with Gasteiger partial charge in [0.25, 0.3) is 0 Å². The quantitative estimate of drug-likeness (QED) is 0.732. The molecule has 1 atom stereocenters. The van der Waals surface area contributed by atoms with Crippen molar-refractivity contribution < 1.29 is 13.5 Å². The SMILES string of the molecule is Nc1ccc(Cl)cc1S(=O)(=O)N[C@H](CO)c1ccccc1. The lowest BCUT2D eigenvalue weighted by Crippen LogP contribution is -2.31. The molecule has 2 rings (SSSR count). The maximum atomic E-state index is 12.4. The first-order valence-electron chi connectivity index (χ1n) is 6.17. The average Bonchev–Trinajstić information content (AvgIpc) is 2.48. The van der Waals surface area contributed by atoms with Crippen LogP contribution in [0.25, 0.3) is 0 Å². The van der Waals surface area contributed by atoms with Gasteiger partial charge in [0.2, 0.25) is 10.0 Å². The maximum Gasteiger partial charge on any atom is 0.243 e. The van der Waals surface area contributed by atoms with E-state index in [1.165, 1.54) is 18.2 Å². The number of benzene rings is 2. The summed E-state index contributed by atoms with van der Waals surface area (Å²) in [7, 11) is -3.89. The zero-order valence-electron chi connectivity index (χ0n) is 11.0. The molecular weight excluding hydrogens is 312 g/mol. The summed E-state index contributed by atoms with van der Waals surface area (Å²) in [6, 6.07) is 12.2. The Bertz CT molecular complexity index is 720. The van der Waals surface area contributed by atoms with Crippen LogP contribution in [-0.2, 0) is 10.0 Å².